The molecule has 2 rings (SSSR count). The van der Waals surface area contributed by atoms with Gasteiger partial charge in [0, 0.05) is 12.6 Å². The Bertz CT molecular complexity index is 313. The van der Waals surface area contributed by atoms with E-state index in [0.717, 1.165) is 19.4 Å². The molecule has 0 aromatic heterocycles. The first-order valence-electron chi connectivity index (χ1n) is 8.44. The van der Waals surface area contributed by atoms with E-state index >= 15 is 0 Å². The molecule has 0 aliphatic heterocycles. The predicted octanol–water partition coefficient (Wildman–Crippen LogP) is 3.83. The number of carboxylic acids is 1. The topological polar surface area (TPSA) is 49.3 Å². The van der Waals surface area contributed by atoms with Crippen LogP contribution >= 0.6 is 0 Å². The van der Waals surface area contributed by atoms with Gasteiger partial charge in [0.05, 0.1) is 6.42 Å². The van der Waals surface area contributed by atoms with Crippen molar-refractivity contribution in [3.05, 3.63) is 0 Å². The number of aliphatic carboxylic acids is 1. The smallest absolute Gasteiger partial charge is 0.303 e. The monoisotopic (exact) mass is 281 g/mol. The molecule has 0 saturated heterocycles. The average molecular weight is 281 g/mol. The SMILES string of the molecule is C[C@@H]1C[C@H](C)CC(CNC2CCCCC2)(CC(=O)O)C1. The maximum atomic E-state index is 11.3. The molecule has 0 radical (unpaired) electrons. The summed E-state index contributed by atoms with van der Waals surface area (Å²) in [6.07, 6.45) is 10.3. The predicted molar refractivity (Wildman–Crippen MR) is 81.7 cm³/mol. The highest BCUT2D eigenvalue weighted by Gasteiger charge is 2.39. The first-order chi connectivity index (χ1) is 9.49. The van der Waals surface area contributed by atoms with Crippen LogP contribution in [0.15, 0.2) is 0 Å². The second-order valence-electron chi connectivity index (χ2n) is 7.64. The van der Waals surface area contributed by atoms with Crippen molar-refractivity contribution in [1.82, 2.24) is 5.32 Å². The number of nitrogens with one attached hydrogen (secondary N) is 1. The molecule has 0 spiro atoms. The highest BCUT2D eigenvalue weighted by atomic mass is 16.4. The summed E-state index contributed by atoms with van der Waals surface area (Å²) in [5, 5.41) is 13.0. The quantitative estimate of drug-likeness (QED) is 0.805. The fourth-order valence-electron chi connectivity index (χ4n) is 4.75. The zero-order valence-electron chi connectivity index (χ0n) is 13.2. The molecule has 0 aromatic carbocycles. The van der Waals surface area contributed by atoms with Crippen LogP contribution in [-0.2, 0) is 4.79 Å². The molecule has 2 aliphatic rings. The summed E-state index contributed by atoms with van der Waals surface area (Å²) >= 11 is 0. The summed E-state index contributed by atoms with van der Waals surface area (Å²) in [5.41, 5.74) is -0.0135. The van der Waals surface area contributed by atoms with Crippen LogP contribution in [0.5, 0.6) is 0 Å². The van der Waals surface area contributed by atoms with Crippen molar-refractivity contribution in [3.8, 4) is 0 Å². The van der Waals surface area contributed by atoms with Gasteiger partial charge in [-0.25, -0.2) is 0 Å². The largest absolute Gasteiger partial charge is 0.481 e. The molecule has 0 amide bonds. The summed E-state index contributed by atoms with van der Waals surface area (Å²) in [4.78, 5) is 11.3. The van der Waals surface area contributed by atoms with Gasteiger partial charge in [0.25, 0.3) is 0 Å². The van der Waals surface area contributed by atoms with Crippen molar-refractivity contribution >= 4 is 5.97 Å². The molecule has 0 heterocycles. The van der Waals surface area contributed by atoms with Gasteiger partial charge in [-0.2, -0.15) is 0 Å². The van der Waals surface area contributed by atoms with Gasteiger partial charge in [-0.05, 0) is 49.4 Å². The van der Waals surface area contributed by atoms with Crippen molar-refractivity contribution in [2.45, 2.75) is 77.7 Å². The summed E-state index contributed by atoms with van der Waals surface area (Å²) in [5.74, 6) is 0.689. The molecule has 2 saturated carbocycles. The normalized spacial score (nSPS) is 35.9. The fraction of sp³-hybridized carbons (Fsp3) is 0.941. The van der Waals surface area contributed by atoms with Crippen LogP contribution < -0.4 is 5.32 Å². The average Bonchev–Trinajstić information content (AvgIpc) is 2.35. The van der Waals surface area contributed by atoms with E-state index < -0.39 is 5.97 Å². The van der Waals surface area contributed by atoms with Crippen molar-refractivity contribution in [1.29, 1.82) is 0 Å². The molecule has 3 nitrogen and oxygen atoms in total. The molecule has 116 valence electrons. The highest BCUT2D eigenvalue weighted by molar-refractivity contribution is 5.67. The number of carbonyl (C=O) groups is 1. The van der Waals surface area contributed by atoms with Gasteiger partial charge in [-0.15, -0.1) is 0 Å². The minimum absolute atomic E-state index is 0.0135. The summed E-state index contributed by atoms with van der Waals surface area (Å²) in [6, 6.07) is 0.627. The molecule has 2 fully saturated rings. The first kappa shape index (κ1) is 15.8. The van der Waals surface area contributed by atoms with Crippen LogP contribution in [0.25, 0.3) is 0 Å². The van der Waals surface area contributed by atoms with E-state index in [1.54, 1.807) is 0 Å². The van der Waals surface area contributed by atoms with E-state index in [2.05, 4.69) is 19.2 Å². The molecule has 20 heavy (non-hydrogen) atoms. The van der Waals surface area contributed by atoms with E-state index in [-0.39, 0.29) is 5.41 Å². The molecule has 3 heteroatoms. The maximum absolute atomic E-state index is 11.3. The summed E-state index contributed by atoms with van der Waals surface area (Å²) < 4.78 is 0. The van der Waals surface area contributed by atoms with Crippen LogP contribution in [0.1, 0.15) is 71.6 Å². The van der Waals surface area contributed by atoms with Gasteiger partial charge in [0.15, 0.2) is 0 Å². The van der Waals surface area contributed by atoms with Crippen molar-refractivity contribution in [2.75, 3.05) is 6.54 Å². The Kier molecular flexibility index (Phi) is 5.48. The van der Waals surface area contributed by atoms with Gasteiger partial charge in [-0.3, -0.25) is 4.79 Å². The minimum atomic E-state index is -0.628. The molecule has 3 atom stereocenters. The second kappa shape index (κ2) is 6.93. The Hall–Kier alpha value is -0.570. The van der Waals surface area contributed by atoms with Crippen molar-refractivity contribution in [2.24, 2.45) is 17.3 Å². The lowest BCUT2D eigenvalue weighted by Gasteiger charge is -2.43. The van der Waals surface area contributed by atoms with Crippen LogP contribution in [0, 0.1) is 17.3 Å². The second-order valence-corrected chi connectivity index (χ2v) is 7.64. The Balaban J connectivity index is 1.96. The summed E-state index contributed by atoms with van der Waals surface area (Å²) in [6.45, 7) is 5.47. The third-order valence-electron chi connectivity index (χ3n) is 5.26. The molecule has 0 aromatic rings. The third-order valence-corrected chi connectivity index (χ3v) is 5.26. The number of hydrogen-bond acceptors (Lipinski definition) is 2. The summed E-state index contributed by atoms with van der Waals surface area (Å²) in [7, 11) is 0. The van der Waals surface area contributed by atoms with Crippen molar-refractivity contribution in [3.63, 3.8) is 0 Å². The van der Waals surface area contributed by atoms with E-state index in [4.69, 9.17) is 0 Å². The van der Waals surface area contributed by atoms with E-state index in [9.17, 15) is 9.90 Å². The van der Waals surface area contributed by atoms with E-state index in [1.165, 1.54) is 38.5 Å². The Labute approximate surface area is 123 Å². The molecule has 2 N–H and O–H groups in total. The van der Waals surface area contributed by atoms with E-state index in [0.29, 0.717) is 24.3 Å². The highest BCUT2D eigenvalue weighted by Crippen LogP contribution is 2.44. The molecular weight excluding hydrogens is 250 g/mol. The maximum Gasteiger partial charge on any atom is 0.303 e. The molecule has 0 bridgehead atoms. The van der Waals surface area contributed by atoms with Gasteiger partial charge in [0.2, 0.25) is 0 Å². The van der Waals surface area contributed by atoms with Crippen LogP contribution in [0.3, 0.4) is 0 Å². The van der Waals surface area contributed by atoms with Crippen LogP contribution in [-0.4, -0.2) is 23.7 Å². The van der Waals surface area contributed by atoms with Crippen LogP contribution in [0.2, 0.25) is 0 Å². The number of carboxylic acid groups (broad SMARTS) is 1. The molecule has 1 unspecified atom stereocenters. The van der Waals surface area contributed by atoms with Crippen LogP contribution in [0.4, 0.5) is 0 Å². The lowest BCUT2D eigenvalue weighted by atomic mass is 9.64. The van der Waals surface area contributed by atoms with Gasteiger partial charge in [-0.1, -0.05) is 33.1 Å². The van der Waals surface area contributed by atoms with E-state index in [1.807, 2.05) is 0 Å². The Morgan fingerprint density at radius 3 is 2.30 bits per heavy atom. The number of hydrogen-bond donors (Lipinski definition) is 2. The molecule has 2 aliphatic carbocycles. The van der Waals surface area contributed by atoms with Gasteiger partial charge >= 0.3 is 5.97 Å². The Morgan fingerprint density at radius 1 is 1.15 bits per heavy atom. The van der Waals surface area contributed by atoms with Crippen molar-refractivity contribution < 1.29 is 9.90 Å². The zero-order chi connectivity index (χ0) is 14.6. The lowest BCUT2D eigenvalue weighted by Crippen LogP contribution is -2.45. The number of rotatable bonds is 5. The van der Waals surface area contributed by atoms with Gasteiger partial charge in [0.1, 0.15) is 0 Å². The first-order valence-corrected chi connectivity index (χ1v) is 8.44. The third kappa shape index (κ3) is 4.47. The minimum Gasteiger partial charge on any atom is -0.481 e. The standard InChI is InChI=1S/C17H31NO2/c1-13-8-14(2)10-17(9-13,11-16(19)20)12-18-15-6-4-3-5-7-15/h13-15,18H,3-12H2,1-2H3,(H,19,20)/t13-,14+,17?. The van der Waals surface area contributed by atoms with Gasteiger partial charge < -0.3 is 10.4 Å². The zero-order valence-corrected chi connectivity index (χ0v) is 13.2. The Morgan fingerprint density at radius 2 is 1.75 bits per heavy atom. The molecular formula is C17H31NO2. The fourth-order valence-corrected chi connectivity index (χ4v) is 4.75. The lowest BCUT2D eigenvalue weighted by molar-refractivity contribution is -0.141.